The van der Waals surface area contributed by atoms with Crippen molar-refractivity contribution in [1.29, 1.82) is 0 Å². The summed E-state index contributed by atoms with van der Waals surface area (Å²) in [6, 6.07) is 1.59. The van der Waals surface area contributed by atoms with Gasteiger partial charge in [0.1, 0.15) is 24.7 Å². The van der Waals surface area contributed by atoms with Crippen LogP contribution >= 0.6 is 11.3 Å². The Morgan fingerprint density at radius 3 is 2.42 bits per heavy atom. The summed E-state index contributed by atoms with van der Waals surface area (Å²) < 4.78 is 56.9. The van der Waals surface area contributed by atoms with Gasteiger partial charge in [0, 0.05) is 92.4 Å². The molecule has 2 N–H and O–H groups in total. The van der Waals surface area contributed by atoms with E-state index in [0.29, 0.717) is 69.9 Å². The van der Waals surface area contributed by atoms with Crippen LogP contribution in [-0.4, -0.2) is 149 Å². The molecule has 2 saturated heterocycles. The lowest BCUT2D eigenvalue weighted by Gasteiger charge is -2.39. The van der Waals surface area contributed by atoms with Crippen molar-refractivity contribution in [2.24, 2.45) is 16.3 Å². The molecule has 5 heterocycles. The lowest BCUT2D eigenvalue weighted by atomic mass is 9.84. The van der Waals surface area contributed by atoms with Crippen LogP contribution in [0.4, 0.5) is 18.0 Å². The van der Waals surface area contributed by atoms with E-state index in [2.05, 4.69) is 28.9 Å². The van der Waals surface area contributed by atoms with E-state index < -0.39 is 72.1 Å². The summed E-state index contributed by atoms with van der Waals surface area (Å²) in [6.45, 7) is 18.3. The molecule has 6 bridgehead atoms. The Morgan fingerprint density at radius 2 is 1.80 bits per heavy atom. The Hall–Kier alpha value is -5.86. The highest BCUT2D eigenvalue weighted by molar-refractivity contribution is 7.10. The van der Waals surface area contributed by atoms with E-state index in [1.54, 1.807) is 67.3 Å². The number of hydrogen-bond donors (Lipinski definition) is 2. The van der Waals surface area contributed by atoms with E-state index in [4.69, 9.17) is 14.5 Å². The number of carbonyl (C=O) groups is 5. The fourth-order valence-corrected chi connectivity index (χ4v) is 10.1. The number of fused-ring (bicyclic) bond motifs is 6. The van der Waals surface area contributed by atoms with Crippen LogP contribution in [-0.2, 0) is 48.0 Å². The van der Waals surface area contributed by atoms with Crippen molar-refractivity contribution in [1.82, 2.24) is 40.0 Å². The number of alkyl halides is 3. The summed E-state index contributed by atoms with van der Waals surface area (Å²) >= 11 is 1.25. The molecule has 374 valence electrons. The third-order valence-electron chi connectivity index (χ3n) is 12.7. The van der Waals surface area contributed by atoms with Crippen molar-refractivity contribution in [3.8, 4) is 11.3 Å². The zero-order valence-electron chi connectivity index (χ0n) is 40.7. The van der Waals surface area contributed by atoms with Crippen LogP contribution in [0.1, 0.15) is 70.6 Å². The highest BCUT2D eigenvalue weighted by Crippen LogP contribution is 2.41. The molecule has 20 heteroatoms. The predicted octanol–water partition coefficient (Wildman–Crippen LogP) is 6.40. The normalized spacial score (nSPS) is 20.6. The van der Waals surface area contributed by atoms with Crippen LogP contribution in [0.15, 0.2) is 59.6 Å². The number of hydrogen-bond acceptors (Lipinski definition) is 11. The summed E-state index contributed by atoms with van der Waals surface area (Å²) in [5.41, 5.74) is 5.13. The number of esters is 1. The number of rotatable bonds is 11. The maximum Gasteiger partial charge on any atom is 0.406 e. The number of carbonyl (C=O) groups excluding carboxylic acids is 5. The maximum atomic E-state index is 14.7. The van der Waals surface area contributed by atoms with Gasteiger partial charge in [-0.3, -0.25) is 29.2 Å². The van der Waals surface area contributed by atoms with Gasteiger partial charge in [-0.15, -0.1) is 11.3 Å². The summed E-state index contributed by atoms with van der Waals surface area (Å²) in [6.07, 6.45) is -0.0955. The topological polar surface area (TPSA) is 171 Å². The molecule has 5 amide bonds. The Labute approximate surface area is 405 Å². The van der Waals surface area contributed by atoms with Gasteiger partial charge in [0.25, 0.3) is 5.91 Å². The number of amides is 5. The average Bonchev–Trinajstić information content (AvgIpc) is 3.90. The maximum absolute atomic E-state index is 14.7. The molecule has 0 aliphatic carbocycles. The minimum Gasteiger partial charge on any atom is -0.464 e. The Balaban J connectivity index is 1.44. The first kappa shape index (κ1) is 52.5. The van der Waals surface area contributed by atoms with Gasteiger partial charge in [-0.05, 0) is 62.8 Å². The lowest BCUT2D eigenvalue weighted by molar-refractivity contribution is -0.155. The van der Waals surface area contributed by atoms with Crippen LogP contribution in [0.2, 0.25) is 0 Å². The van der Waals surface area contributed by atoms with Gasteiger partial charge in [0.05, 0.1) is 34.8 Å². The number of likely N-dealkylation sites (N-methyl/N-ethyl adjacent to an activating group) is 1. The Morgan fingerprint density at radius 1 is 1.10 bits per heavy atom. The minimum absolute atomic E-state index is 0.0655. The summed E-state index contributed by atoms with van der Waals surface area (Å²) in [5.74, 6) is -2.34. The highest BCUT2D eigenvalue weighted by Gasteiger charge is 2.40. The van der Waals surface area contributed by atoms with Crippen molar-refractivity contribution in [2.45, 2.75) is 104 Å². The number of urea groups is 1. The SMILES string of the molecule is C=CC(=O)N1CCN(C(=O)N(C)[C@H](C(=O)N[C@H]2Cc3nc(cs3)-c3ccc4c(c3)c(c(/C(C=C)=C(/N=CC)[C@H](C)OC)n4CC(F)(F)F)CC(C)(C)COC(=O)[C@@H]3CCCN(N3)C2=O)C(C)C)CC1. The largest absolute Gasteiger partial charge is 0.464 e. The Bertz CT molecular complexity index is 2510. The second-order valence-electron chi connectivity index (χ2n) is 18.8. The fraction of sp³-hybridized carbons (Fsp3) is 0.531. The van der Waals surface area contributed by atoms with Gasteiger partial charge in [-0.25, -0.2) is 15.2 Å². The first-order valence-corrected chi connectivity index (χ1v) is 24.0. The summed E-state index contributed by atoms with van der Waals surface area (Å²) in [4.78, 5) is 83.0. The molecule has 1 aromatic carbocycles. The number of ether oxygens (including phenoxy) is 2. The summed E-state index contributed by atoms with van der Waals surface area (Å²) in [7, 11) is 3.02. The second kappa shape index (κ2) is 21.8. The van der Waals surface area contributed by atoms with Gasteiger partial charge in [0.15, 0.2) is 0 Å². The Kier molecular flexibility index (Phi) is 16.6. The number of nitrogens with one attached hydrogen (secondary N) is 2. The quantitative estimate of drug-likeness (QED) is 0.0955. The van der Waals surface area contributed by atoms with Gasteiger partial charge in [-0.2, -0.15) is 13.2 Å². The molecule has 0 unspecified atom stereocenters. The van der Waals surface area contributed by atoms with E-state index >= 15 is 0 Å². The number of nitrogens with zero attached hydrogens (tertiary/aromatic N) is 7. The van der Waals surface area contributed by atoms with Crippen LogP contribution < -0.4 is 10.7 Å². The van der Waals surface area contributed by atoms with E-state index in [1.165, 1.54) is 52.1 Å². The molecule has 6 rings (SSSR count). The third kappa shape index (κ3) is 12.0. The van der Waals surface area contributed by atoms with Gasteiger partial charge >= 0.3 is 18.2 Å². The van der Waals surface area contributed by atoms with Crippen LogP contribution in [0.3, 0.4) is 0 Å². The van der Waals surface area contributed by atoms with Crippen molar-refractivity contribution in [2.75, 3.05) is 53.5 Å². The molecular formula is C49H64F3N9O7S. The van der Waals surface area contributed by atoms with Crippen LogP contribution in [0.25, 0.3) is 27.7 Å². The molecule has 4 atom stereocenters. The molecule has 3 aromatic rings. The monoisotopic (exact) mass is 979 g/mol. The highest BCUT2D eigenvalue weighted by atomic mass is 32.1. The number of allylic oxidation sites excluding steroid dienone is 2. The van der Waals surface area contributed by atoms with E-state index in [9.17, 15) is 37.1 Å². The predicted molar refractivity (Wildman–Crippen MR) is 259 cm³/mol. The standard InChI is InChI=1S/C49H64F3N9O7S/c1-11-32(41(53-13-3)30(6)67-10)43-34-25-48(7,8)28-68-46(65)35-15-14-18-61(56-35)45(64)36(24-39-54-37(26-69-39)31-16-17-38(33(34)23-31)60(43)27-49(50,51)52)55-44(63)42(29(4)5)57(9)47(66)59-21-19-58(20-22-59)40(62)12-2/h11-13,16-17,23,26,29-30,35-36,42,56H,1-2,14-15,18-22,24-25,27-28H2,3-10H3,(H,55,63)/b41-32+,53-13?/t30-,35-,36-,42-/m0/s1. The number of thiazole rings is 1. The molecule has 0 saturated carbocycles. The van der Waals surface area contributed by atoms with E-state index in [0.717, 1.165) is 0 Å². The zero-order valence-corrected chi connectivity index (χ0v) is 41.5. The van der Waals surface area contributed by atoms with Crippen molar-refractivity contribution in [3.05, 3.63) is 70.9 Å². The number of halogens is 3. The molecule has 0 spiro atoms. The summed E-state index contributed by atoms with van der Waals surface area (Å²) in [5, 5.41) is 7.04. The molecule has 2 fully saturated rings. The van der Waals surface area contributed by atoms with Crippen molar-refractivity contribution < 1.29 is 46.6 Å². The number of benzene rings is 1. The molecular weight excluding hydrogens is 916 g/mol. The number of methoxy groups -OCH3 is 1. The van der Waals surface area contributed by atoms with Gasteiger partial charge < -0.3 is 34.1 Å². The fourth-order valence-electron chi connectivity index (χ4n) is 9.26. The van der Waals surface area contributed by atoms with E-state index in [-0.39, 0.29) is 50.7 Å². The number of aromatic nitrogens is 2. The number of hydrazine groups is 1. The molecule has 16 nitrogen and oxygen atoms in total. The van der Waals surface area contributed by atoms with E-state index in [1.807, 2.05) is 13.8 Å². The van der Waals surface area contributed by atoms with Gasteiger partial charge in [-0.1, -0.05) is 53.0 Å². The number of aliphatic imine (C=N–C) groups is 1. The first-order valence-electron chi connectivity index (χ1n) is 23.1. The van der Waals surface area contributed by atoms with Crippen LogP contribution in [0, 0.1) is 11.3 Å². The molecule has 0 radical (unpaired) electrons. The van der Waals surface area contributed by atoms with Crippen molar-refractivity contribution >= 4 is 63.7 Å². The van der Waals surface area contributed by atoms with Gasteiger partial charge in [0.2, 0.25) is 11.8 Å². The zero-order chi connectivity index (χ0) is 50.5. The molecule has 3 aliphatic rings. The van der Waals surface area contributed by atoms with Crippen LogP contribution in [0.5, 0.6) is 0 Å². The number of piperazine rings is 1. The average molecular weight is 980 g/mol. The molecule has 69 heavy (non-hydrogen) atoms. The van der Waals surface area contributed by atoms with Crippen molar-refractivity contribution in [3.63, 3.8) is 0 Å². The number of cyclic esters (lactones) is 1. The lowest BCUT2D eigenvalue weighted by Crippen LogP contribution is -2.63. The minimum atomic E-state index is -4.63. The molecule has 2 aromatic heterocycles. The third-order valence-corrected chi connectivity index (χ3v) is 13.6. The molecule has 3 aliphatic heterocycles. The second-order valence-corrected chi connectivity index (χ2v) is 19.7. The smallest absolute Gasteiger partial charge is 0.406 e. The first-order chi connectivity index (χ1) is 32.6.